The summed E-state index contributed by atoms with van der Waals surface area (Å²) < 4.78 is 5.87. The van der Waals surface area contributed by atoms with Crippen LogP contribution in [0, 0.1) is 11.8 Å². The fourth-order valence-corrected chi connectivity index (χ4v) is 6.26. The van der Waals surface area contributed by atoms with Gasteiger partial charge in [-0.1, -0.05) is 42.3 Å². The summed E-state index contributed by atoms with van der Waals surface area (Å²) in [5.41, 5.74) is 0.428. The molecule has 4 heteroatoms. The van der Waals surface area contributed by atoms with E-state index in [2.05, 4.69) is 60.4 Å². The summed E-state index contributed by atoms with van der Waals surface area (Å²) in [6.45, 7) is 3.58. The minimum Gasteiger partial charge on any atom is -0.438 e. The standard InChI is InChI=1S/C28H23O2S2/c1-3-19-28(2,23-18-20-31-21-23)30-27(29)22-14-16-26(17-15-22)32(24-10-6-4-7-11-24)25-12-8-5-9-13-25/h4-18,20-21H,1-2H3/q+1. The maximum absolute atomic E-state index is 13.0. The van der Waals surface area contributed by atoms with Gasteiger partial charge in [-0.05, 0) is 79.2 Å². The van der Waals surface area contributed by atoms with E-state index in [1.807, 2.05) is 60.1 Å². The van der Waals surface area contributed by atoms with Crippen molar-refractivity contribution < 1.29 is 9.53 Å². The normalized spacial score (nSPS) is 12.5. The van der Waals surface area contributed by atoms with Gasteiger partial charge in [0.15, 0.2) is 20.3 Å². The summed E-state index contributed by atoms with van der Waals surface area (Å²) in [6, 6.07) is 30.6. The number of hydrogen-bond acceptors (Lipinski definition) is 3. The Kier molecular flexibility index (Phi) is 6.80. The Labute approximate surface area is 196 Å². The average Bonchev–Trinajstić information content (AvgIpc) is 3.37. The topological polar surface area (TPSA) is 26.3 Å². The molecule has 0 aliphatic rings. The van der Waals surface area contributed by atoms with Gasteiger partial charge in [0.25, 0.3) is 0 Å². The van der Waals surface area contributed by atoms with E-state index in [1.54, 1.807) is 18.3 Å². The predicted molar refractivity (Wildman–Crippen MR) is 132 cm³/mol. The summed E-state index contributed by atoms with van der Waals surface area (Å²) >= 11 is 1.56. The molecule has 0 saturated carbocycles. The third-order valence-corrected chi connectivity index (χ3v) is 7.93. The minimum absolute atomic E-state index is 0.256. The Bertz CT molecular complexity index is 1180. The molecule has 2 nitrogen and oxygen atoms in total. The van der Waals surface area contributed by atoms with Crippen LogP contribution in [-0.2, 0) is 21.2 Å². The molecule has 1 aromatic heterocycles. The predicted octanol–water partition coefficient (Wildman–Crippen LogP) is 6.94. The first kappa shape index (κ1) is 22.0. The van der Waals surface area contributed by atoms with Gasteiger partial charge in [0.05, 0.1) is 16.5 Å². The van der Waals surface area contributed by atoms with Gasteiger partial charge in [0, 0.05) is 5.56 Å². The zero-order valence-corrected chi connectivity index (χ0v) is 19.6. The number of esters is 1. The summed E-state index contributed by atoms with van der Waals surface area (Å²) in [6.07, 6.45) is 0. The van der Waals surface area contributed by atoms with Gasteiger partial charge in [0.2, 0.25) is 0 Å². The Morgan fingerprint density at radius 2 is 1.41 bits per heavy atom. The zero-order valence-electron chi connectivity index (χ0n) is 17.9. The van der Waals surface area contributed by atoms with Crippen LogP contribution >= 0.6 is 11.3 Å². The molecule has 0 amide bonds. The summed E-state index contributed by atoms with van der Waals surface area (Å²) in [5.74, 6) is 5.56. The highest BCUT2D eigenvalue weighted by Crippen LogP contribution is 2.32. The van der Waals surface area contributed by atoms with Crippen LogP contribution in [0.1, 0.15) is 29.8 Å². The Balaban J connectivity index is 1.62. The number of carbonyl (C=O) groups is 1. The Hall–Kier alpha value is -3.26. The maximum atomic E-state index is 13.0. The van der Waals surface area contributed by atoms with Crippen molar-refractivity contribution in [2.24, 2.45) is 0 Å². The molecule has 0 aliphatic heterocycles. The fraction of sp³-hybridized carbons (Fsp3) is 0.107. The molecule has 4 aromatic rings. The number of carbonyl (C=O) groups excluding carboxylic acids is 1. The molecule has 1 atom stereocenters. The quantitative estimate of drug-likeness (QED) is 0.179. The van der Waals surface area contributed by atoms with Crippen LogP contribution < -0.4 is 0 Å². The van der Waals surface area contributed by atoms with Crippen molar-refractivity contribution in [1.82, 2.24) is 0 Å². The third kappa shape index (κ3) is 4.80. The van der Waals surface area contributed by atoms with E-state index < -0.39 is 5.60 Å². The first-order chi connectivity index (χ1) is 15.6. The van der Waals surface area contributed by atoms with Gasteiger partial charge >= 0.3 is 5.97 Å². The molecule has 0 fully saturated rings. The number of hydrogen-bond donors (Lipinski definition) is 0. The second kappa shape index (κ2) is 9.91. The summed E-state index contributed by atoms with van der Waals surface area (Å²) in [7, 11) is -0.256. The molecular weight excluding hydrogens is 432 g/mol. The summed E-state index contributed by atoms with van der Waals surface area (Å²) in [5, 5.41) is 3.92. The van der Waals surface area contributed by atoms with Crippen molar-refractivity contribution in [3.8, 4) is 11.8 Å². The third-order valence-electron chi connectivity index (χ3n) is 5.02. The number of ether oxygens (including phenoxy) is 1. The van der Waals surface area contributed by atoms with Crippen molar-refractivity contribution in [2.45, 2.75) is 34.1 Å². The van der Waals surface area contributed by atoms with Crippen LogP contribution in [0.2, 0.25) is 0 Å². The molecule has 32 heavy (non-hydrogen) atoms. The Morgan fingerprint density at radius 1 is 0.844 bits per heavy atom. The molecule has 0 radical (unpaired) electrons. The molecule has 0 bridgehead atoms. The van der Waals surface area contributed by atoms with E-state index in [1.165, 1.54) is 9.79 Å². The summed E-state index contributed by atoms with van der Waals surface area (Å²) in [4.78, 5) is 16.6. The van der Waals surface area contributed by atoms with Gasteiger partial charge in [0.1, 0.15) is 0 Å². The van der Waals surface area contributed by atoms with Crippen molar-refractivity contribution >= 4 is 28.2 Å². The molecule has 0 aliphatic carbocycles. The highest BCUT2D eigenvalue weighted by Gasteiger charge is 2.31. The lowest BCUT2D eigenvalue weighted by Crippen LogP contribution is -2.27. The van der Waals surface area contributed by atoms with E-state index in [0.29, 0.717) is 5.56 Å². The number of benzene rings is 3. The van der Waals surface area contributed by atoms with Crippen LogP contribution in [0.3, 0.4) is 0 Å². The highest BCUT2D eigenvalue weighted by atomic mass is 32.2. The first-order valence-corrected chi connectivity index (χ1v) is 12.4. The van der Waals surface area contributed by atoms with Crippen LogP contribution in [0.4, 0.5) is 0 Å². The molecule has 1 heterocycles. The van der Waals surface area contributed by atoms with Crippen LogP contribution in [0.5, 0.6) is 0 Å². The molecule has 158 valence electrons. The van der Waals surface area contributed by atoms with Crippen LogP contribution in [0.25, 0.3) is 0 Å². The monoisotopic (exact) mass is 455 g/mol. The minimum atomic E-state index is -0.969. The average molecular weight is 456 g/mol. The largest absolute Gasteiger partial charge is 0.438 e. The van der Waals surface area contributed by atoms with Gasteiger partial charge < -0.3 is 4.74 Å². The lowest BCUT2D eigenvalue weighted by Gasteiger charge is -2.23. The van der Waals surface area contributed by atoms with Crippen molar-refractivity contribution in [3.05, 3.63) is 113 Å². The SMILES string of the molecule is CC#CC(C)(OC(=O)c1ccc([S+](c2ccccc2)c2ccccc2)cc1)c1ccsc1. The van der Waals surface area contributed by atoms with Gasteiger partial charge in [-0.3, -0.25) is 0 Å². The molecule has 3 aromatic carbocycles. The molecule has 4 rings (SSSR count). The lowest BCUT2D eigenvalue weighted by molar-refractivity contribution is 0.0130. The molecule has 1 unspecified atom stereocenters. The van der Waals surface area contributed by atoms with E-state index in [0.717, 1.165) is 10.5 Å². The second-order valence-corrected chi connectivity index (χ2v) is 10.1. The van der Waals surface area contributed by atoms with Crippen molar-refractivity contribution in [2.75, 3.05) is 0 Å². The zero-order chi connectivity index (χ0) is 22.4. The van der Waals surface area contributed by atoms with Crippen LogP contribution in [-0.4, -0.2) is 5.97 Å². The number of rotatable bonds is 6. The second-order valence-electron chi connectivity index (χ2n) is 7.27. The lowest BCUT2D eigenvalue weighted by atomic mass is 9.99. The molecule has 0 saturated heterocycles. The smallest absolute Gasteiger partial charge is 0.339 e. The van der Waals surface area contributed by atoms with Gasteiger partial charge in [-0.25, -0.2) is 4.79 Å². The maximum Gasteiger partial charge on any atom is 0.339 e. The van der Waals surface area contributed by atoms with Gasteiger partial charge in [-0.15, -0.1) is 5.92 Å². The van der Waals surface area contributed by atoms with Crippen LogP contribution in [0.15, 0.2) is 116 Å². The van der Waals surface area contributed by atoms with E-state index in [4.69, 9.17) is 4.74 Å². The van der Waals surface area contributed by atoms with Crippen molar-refractivity contribution in [3.63, 3.8) is 0 Å². The fourth-order valence-electron chi connectivity index (χ4n) is 3.42. The highest BCUT2D eigenvalue weighted by molar-refractivity contribution is 7.97. The first-order valence-electron chi connectivity index (χ1n) is 10.2. The Morgan fingerprint density at radius 3 is 1.91 bits per heavy atom. The molecular formula is C28H23O2S2+. The van der Waals surface area contributed by atoms with E-state index >= 15 is 0 Å². The molecule has 0 spiro atoms. The van der Waals surface area contributed by atoms with Gasteiger partial charge in [-0.2, -0.15) is 11.3 Å². The number of thiophene rings is 1. The molecule has 0 N–H and O–H groups in total. The van der Waals surface area contributed by atoms with E-state index in [-0.39, 0.29) is 16.9 Å². The van der Waals surface area contributed by atoms with E-state index in [9.17, 15) is 4.79 Å². The van der Waals surface area contributed by atoms with Crippen molar-refractivity contribution in [1.29, 1.82) is 0 Å².